The second kappa shape index (κ2) is 5.12. The Bertz CT molecular complexity index is 622. The second-order valence-corrected chi connectivity index (χ2v) is 3.75. The van der Waals surface area contributed by atoms with Crippen molar-refractivity contribution in [2.45, 2.75) is 6.92 Å². The highest BCUT2D eigenvalue weighted by molar-refractivity contribution is 5.94. The van der Waals surface area contributed by atoms with Gasteiger partial charge >= 0.3 is 0 Å². The van der Waals surface area contributed by atoms with Crippen molar-refractivity contribution in [2.75, 3.05) is 0 Å². The maximum Gasteiger partial charge on any atom is 0.223 e. The number of hydrogen-bond donors (Lipinski definition) is 3. The summed E-state index contributed by atoms with van der Waals surface area (Å²) in [7, 11) is 0. The molecule has 0 aliphatic carbocycles. The predicted molar refractivity (Wildman–Crippen MR) is 71.0 cm³/mol. The van der Waals surface area contributed by atoms with Crippen molar-refractivity contribution in [3.8, 4) is 5.69 Å². The molecular weight excluding hydrogens is 246 g/mol. The molecule has 19 heavy (non-hydrogen) atoms. The van der Waals surface area contributed by atoms with Gasteiger partial charge in [0.2, 0.25) is 5.96 Å². The Hall–Kier alpha value is -2.97. The van der Waals surface area contributed by atoms with Gasteiger partial charge in [0.25, 0.3) is 0 Å². The molecule has 0 radical (unpaired) electrons. The van der Waals surface area contributed by atoms with Crippen LogP contribution in [0.2, 0.25) is 0 Å². The van der Waals surface area contributed by atoms with Gasteiger partial charge in [0.1, 0.15) is 6.33 Å². The molecule has 0 fully saturated rings. The summed E-state index contributed by atoms with van der Waals surface area (Å²) < 4.78 is 1.47. The van der Waals surface area contributed by atoms with Crippen LogP contribution in [0.3, 0.4) is 0 Å². The molecule has 0 aliphatic rings. The highest BCUT2D eigenvalue weighted by atomic mass is 15.5. The van der Waals surface area contributed by atoms with Crippen molar-refractivity contribution in [1.29, 1.82) is 0 Å². The number of nitrogens with zero attached hydrogens (tertiary/aromatic N) is 6. The third-order valence-electron chi connectivity index (χ3n) is 2.21. The number of aromatic nitrogens is 4. The lowest BCUT2D eigenvalue weighted by molar-refractivity contribution is 0.789. The zero-order chi connectivity index (χ0) is 13.8. The van der Waals surface area contributed by atoms with Crippen LogP contribution in [0.5, 0.6) is 0 Å². The molecule has 0 amide bonds. The maximum atomic E-state index is 5.62. The van der Waals surface area contributed by atoms with E-state index in [-0.39, 0.29) is 11.9 Å². The summed E-state index contributed by atoms with van der Waals surface area (Å²) in [6, 6.07) is 5.56. The molecule has 2 aromatic rings. The van der Waals surface area contributed by atoms with Gasteiger partial charge in [0, 0.05) is 0 Å². The second-order valence-electron chi connectivity index (χ2n) is 3.75. The SMILES string of the molecule is Cc1ccc(-n2cnnn2)c(N=C(N)N=C(N)N)c1. The molecule has 0 spiro atoms. The highest BCUT2D eigenvalue weighted by Crippen LogP contribution is 2.23. The predicted octanol–water partition coefficient (Wildman–Crippen LogP) is -0.810. The molecule has 0 saturated carbocycles. The van der Waals surface area contributed by atoms with Crippen LogP contribution in [0, 0.1) is 6.92 Å². The molecule has 1 aromatic carbocycles. The van der Waals surface area contributed by atoms with E-state index in [0.717, 1.165) is 5.56 Å². The summed E-state index contributed by atoms with van der Waals surface area (Å²) in [4.78, 5) is 7.81. The van der Waals surface area contributed by atoms with Gasteiger partial charge in [-0.15, -0.1) is 5.10 Å². The van der Waals surface area contributed by atoms with Gasteiger partial charge in [-0.05, 0) is 35.0 Å². The summed E-state index contributed by atoms with van der Waals surface area (Å²) in [5, 5.41) is 11.0. The lowest BCUT2D eigenvalue weighted by Gasteiger charge is -2.05. The van der Waals surface area contributed by atoms with Crippen molar-refractivity contribution in [2.24, 2.45) is 27.2 Å². The van der Waals surface area contributed by atoms with E-state index in [1.165, 1.54) is 11.0 Å². The van der Waals surface area contributed by atoms with Gasteiger partial charge in [0.15, 0.2) is 5.96 Å². The van der Waals surface area contributed by atoms with E-state index in [1.807, 2.05) is 25.1 Å². The largest absolute Gasteiger partial charge is 0.370 e. The average Bonchev–Trinajstić information content (AvgIpc) is 2.81. The van der Waals surface area contributed by atoms with Gasteiger partial charge < -0.3 is 17.2 Å². The Kier molecular flexibility index (Phi) is 3.37. The van der Waals surface area contributed by atoms with Crippen molar-refractivity contribution >= 4 is 17.6 Å². The molecular formula is C10H13N9. The smallest absolute Gasteiger partial charge is 0.223 e. The molecule has 1 aromatic heterocycles. The van der Waals surface area contributed by atoms with Crippen LogP contribution < -0.4 is 17.2 Å². The van der Waals surface area contributed by atoms with Crippen molar-refractivity contribution in [1.82, 2.24) is 20.2 Å². The fraction of sp³-hybridized carbons (Fsp3) is 0.100. The van der Waals surface area contributed by atoms with E-state index < -0.39 is 0 Å². The lowest BCUT2D eigenvalue weighted by atomic mass is 10.2. The summed E-state index contributed by atoms with van der Waals surface area (Å²) in [5.74, 6) is -0.196. The third-order valence-corrected chi connectivity index (χ3v) is 2.21. The minimum Gasteiger partial charge on any atom is -0.370 e. The monoisotopic (exact) mass is 259 g/mol. The standard InChI is InChI=1S/C10H13N9/c1-6-2-3-8(19-5-14-17-18-19)7(4-6)15-10(13)16-9(11)12/h2-5H,1H3,(H6,11,12,13,15,16). The van der Waals surface area contributed by atoms with Gasteiger partial charge in [-0.25, -0.2) is 4.99 Å². The molecule has 6 N–H and O–H groups in total. The minimum atomic E-state index is -0.155. The lowest BCUT2D eigenvalue weighted by Crippen LogP contribution is -2.26. The van der Waals surface area contributed by atoms with Crippen LogP contribution >= 0.6 is 0 Å². The van der Waals surface area contributed by atoms with Gasteiger partial charge in [-0.2, -0.15) is 9.67 Å². The first-order valence-corrected chi connectivity index (χ1v) is 5.34. The molecule has 9 nitrogen and oxygen atoms in total. The molecule has 0 bridgehead atoms. The van der Waals surface area contributed by atoms with Gasteiger partial charge in [-0.3, -0.25) is 0 Å². The maximum absolute atomic E-state index is 5.62. The first-order valence-electron chi connectivity index (χ1n) is 5.34. The van der Waals surface area contributed by atoms with E-state index in [0.29, 0.717) is 11.4 Å². The van der Waals surface area contributed by atoms with Crippen LogP contribution in [0.4, 0.5) is 5.69 Å². The number of tetrazole rings is 1. The van der Waals surface area contributed by atoms with E-state index in [4.69, 9.17) is 17.2 Å². The molecule has 1 heterocycles. The quantitative estimate of drug-likeness (QED) is 0.474. The molecule has 9 heteroatoms. The number of guanidine groups is 2. The zero-order valence-corrected chi connectivity index (χ0v) is 10.2. The Morgan fingerprint density at radius 2 is 2.05 bits per heavy atom. The third kappa shape index (κ3) is 3.03. The summed E-state index contributed by atoms with van der Waals surface area (Å²) >= 11 is 0. The topological polar surface area (TPSA) is 146 Å². The molecule has 2 rings (SSSR count). The van der Waals surface area contributed by atoms with Gasteiger partial charge in [0.05, 0.1) is 11.4 Å². The van der Waals surface area contributed by atoms with E-state index in [9.17, 15) is 0 Å². The molecule has 98 valence electrons. The van der Waals surface area contributed by atoms with E-state index in [1.54, 1.807) is 0 Å². The Labute approximate surface area is 108 Å². The van der Waals surface area contributed by atoms with Crippen molar-refractivity contribution < 1.29 is 0 Å². The normalized spacial score (nSPS) is 11.3. The Morgan fingerprint density at radius 1 is 1.26 bits per heavy atom. The fourth-order valence-corrected chi connectivity index (χ4v) is 1.47. The van der Waals surface area contributed by atoms with Crippen LogP contribution in [0.15, 0.2) is 34.5 Å². The Morgan fingerprint density at radius 3 is 2.68 bits per heavy atom. The van der Waals surface area contributed by atoms with E-state index >= 15 is 0 Å². The van der Waals surface area contributed by atoms with E-state index in [2.05, 4.69) is 25.5 Å². The number of rotatable bonds is 2. The minimum absolute atomic E-state index is 0.0417. The summed E-state index contributed by atoms with van der Waals surface area (Å²) in [6.07, 6.45) is 1.46. The first kappa shape index (κ1) is 12.5. The van der Waals surface area contributed by atoms with Gasteiger partial charge in [-0.1, -0.05) is 6.07 Å². The fourth-order valence-electron chi connectivity index (χ4n) is 1.47. The van der Waals surface area contributed by atoms with Crippen molar-refractivity contribution in [3.05, 3.63) is 30.1 Å². The first-order chi connectivity index (χ1) is 9.06. The molecule has 0 unspecified atom stereocenters. The zero-order valence-electron chi connectivity index (χ0n) is 10.2. The summed E-state index contributed by atoms with van der Waals surface area (Å²) in [6.45, 7) is 1.93. The average molecular weight is 259 g/mol. The number of aliphatic imine (C=N–C) groups is 2. The molecule has 0 saturated heterocycles. The number of hydrogen-bond acceptors (Lipinski definition) is 4. The molecule has 0 aliphatic heterocycles. The number of benzene rings is 1. The Balaban J connectivity index is 2.50. The number of aryl methyl sites for hydroxylation is 1. The van der Waals surface area contributed by atoms with Crippen molar-refractivity contribution in [3.63, 3.8) is 0 Å². The van der Waals surface area contributed by atoms with Crippen LogP contribution in [0.25, 0.3) is 5.69 Å². The molecule has 0 atom stereocenters. The number of nitrogens with two attached hydrogens (primary N) is 3. The van der Waals surface area contributed by atoms with Crippen LogP contribution in [0.1, 0.15) is 5.56 Å². The highest BCUT2D eigenvalue weighted by Gasteiger charge is 2.06. The van der Waals surface area contributed by atoms with Crippen LogP contribution in [-0.2, 0) is 0 Å². The van der Waals surface area contributed by atoms with Crippen LogP contribution in [-0.4, -0.2) is 32.1 Å². The summed E-state index contributed by atoms with van der Waals surface area (Å²) in [5.41, 5.74) is 18.3.